The van der Waals surface area contributed by atoms with E-state index in [1.54, 1.807) is 12.3 Å². The summed E-state index contributed by atoms with van der Waals surface area (Å²) in [6, 6.07) is 6.12. The van der Waals surface area contributed by atoms with Gasteiger partial charge in [0.05, 0.1) is 24.9 Å². The molecule has 1 atom stereocenters. The first-order valence-corrected chi connectivity index (χ1v) is 6.49. The number of nitrogens with one attached hydrogen (secondary N) is 1. The molecular weight excluding hydrogens is 264 g/mol. The predicted octanol–water partition coefficient (Wildman–Crippen LogP) is 2.26. The van der Waals surface area contributed by atoms with Crippen LogP contribution in [-0.2, 0) is 11.3 Å². The Bertz CT molecular complexity index is 574. The molecule has 0 spiro atoms. The molecule has 1 aliphatic heterocycles. The fourth-order valence-electron chi connectivity index (χ4n) is 2.46. The highest BCUT2D eigenvalue weighted by Crippen LogP contribution is 2.25. The maximum absolute atomic E-state index is 13.8. The van der Waals surface area contributed by atoms with Crippen LogP contribution in [0.1, 0.15) is 17.3 Å². The van der Waals surface area contributed by atoms with Gasteiger partial charge in [-0.1, -0.05) is 12.1 Å². The van der Waals surface area contributed by atoms with Gasteiger partial charge in [0.1, 0.15) is 0 Å². The van der Waals surface area contributed by atoms with Crippen LogP contribution >= 0.6 is 0 Å². The zero-order valence-corrected chi connectivity index (χ0v) is 10.9. The Morgan fingerprint density at radius 3 is 3.05 bits per heavy atom. The lowest BCUT2D eigenvalue weighted by Gasteiger charge is -2.34. The third kappa shape index (κ3) is 2.57. The zero-order valence-electron chi connectivity index (χ0n) is 10.9. The van der Waals surface area contributed by atoms with Crippen LogP contribution in [0.4, 0.5) is 8.78 Å². The Labute approximate surface area is 115 Å². The second-order valence-electron chi connectivity index (χ2n) is 4.79. The van der Waals surface area contributed by atoms with Crippen molar-refractivity contribution in [1.82, 2.24) is 15.1 Å². The summed E-state index contributed by atoms with van der Waals surface area (Å²) in [4.78, 5) is 2.06. The Morgan fingerprint density at radius 1 is 1.35 bits per heavy atom. The van der Waals surface area contributed by atoms with E-state index in [1.807, 2.05) is 6.07 Å². The third-order valence-electron chi connectivity index (χ3n) is 3.53. The van der Waals surface area contributed by atoms with Crippen molar-refractivity contribution >= 4 is 0 Å². The molecule has 1 N–H and O–H groups in total. The van der Waals surface area contributed by atoms with Gasteiger partial charge in [-0.25, -0.2) is 8.78 Å². The molecule has 0 aliphatic carbocycles. The SMILES string of the molecule is Fc1cccc(CN2CCOCC2c2ccn[nH]2)c1F. The smallest absolute Gasteiger partial charge is 0.163 e. The summed E-state index contributed by atoms with van der Waals surface area (Å²) in [6.45, 7) is 2.11. The van der Waals surface area contributed by atoms with Crippen LogP contribution in [-0.4, -0.2) is 34.9 Å². The summed E-state index contributed by atoms with van der Waals surface area (Å²) in [5.74, 6) is -1.59. The van der Waals surface area contributed by atoms with Gasteiger partial charge < -0.3 is 4.74 Å². The molecule has 0 radical (unpaired) electrons. The lowest BCUT2D eigenvalue weighted by Crippen LogP contribution is -2.39. The number of morpholine rings is 1. The first kappa shape index (κ1) is 13.2. The van der Waals surface area contributed by atoms with Gasteiger partial charge >= 0.3 is 0 Å². The second-order valence-corrected chi connectivity index (χ2v) is 4.79. The molecule has 0 amide bonds. The van der Waals surface area contributed by atoms with Crippen LogP contribution in [0.2, 0.25) is 0 Å². The average molecular weight is 279 g/mol. The number of aromatic nitrogens is 2. The van der Waals surface area contributed by atoms with Crippen LogP contribution in [0, 0.1) is 11.6 Å². The van der Waals surface area contributed by atoms with Crippen LogP contribution in [0.3, 0.4) is 0 Å². The normalized spacial score (nSPS) is 20.2. The fourth-order valence-corrected chi connectivity index (χ4v) is 2.46. The summed E-state index contributed by atoms with van der Waals surface area (Å²) >= 11 is 0. The highest BCUT2D eigenvalue weighted by Gasteiger charge is 2.26. The van der Waals surface area contributed by atoms with E-state index in [9.17, 15) is 8.78 Å². The van der Waals surface area contributed by atoms with E-state index in [0.29, 0.717) is 31.9 Å². The van der Waals surface area contributed by atoms with Gasteiger partial charge in [0, 0.05) is 24.8 Å². The van der Waals surface area contributed by atoms with E-state index in [-0.39, 0.29) is 6.04 Å². The maximum atomic E-state index is 13.8. The number of rotatable bonds is 3. The van der Waals surface area contributed by atoms with E-state index >= 15 is 0 Å². The van der Waals surface area contributed by atoms with Gasteiger partial charge in [-0.3, -0.25) is 10.00 Å². The molecule has 20 heavy (non-hydrogen) atoms. The number of hydrogen-bond acceptors (Lipinski definition) is 3. The lowest BCUT2D eigenvalue weighted by atomic mass is 10.1. The largest absolute Gasteiger partial charge is 0.378 e. The van der Waals surface area contributed by atoms with Gasteiger partial charge in [-0.05, 0) is 12.1 Å². The van der Waals surface area contributed by atoms with Crippen LogP contribution < -0.4 is 0 Å². The fraction of sp³-hybridized carbons (Fsp3) is 0.357. The van der Waals surface area contributed by atoms with E-state index in [4.69, 9.17) is 4.74 Å². The van der Waals surface area contributed by atoms with Gasteiger partial charge in [0.2, 0.25) is 0 Å². The van der Waals surface area contributed by atoms with Crippen molar-refractivity contribution in [2.75, 3.05) is 19.8 Å². The summed E-state index contributed by atoms with van der Waals surface area (Å²) in [5.41, 5.74) is 1.28. The van der Waals surface area contributed by atoms with E-state index in [0.717, 1.165) is 11.8 Å². The summed E-state index contributed by atoms with van der Waals surface area (Å²) < 4.78 is 32.5. The molecular formula is C14H15F2N3O. The van der Waals surface area contributed by atoms with Crippen molar-refractivity contribution in [1.29, 1.82) is 0 Å². The molecule has 0 bridgehead atoms. The molecule has 3 rings (SSSR count). The molecule has 2 heterocycles. The van der Waals surface area contributed by atoms with Gasteiger partial charge in [0.25, 0.3) is 0 Å². The first-order chi connectivity index (χ1) is 9.75. The van der Waals surface area contributed by atoms with Crippen molar-refractivity contribution in [3.8, 4) is 0 Å². The molecule has 1 unspecified atom stereocenters. The maximum Gasteiger partial charge on any atom is 0.163 e. The number of nitrogens with zero attached hydrogens (tertiary/aromatic N) is 2. The van der Waals surface area contributed by atoms with E-state index < -0.39 is 11.6 Å². The Morgan fingerprint density at radius 2 is 2.25 bits per heavy atom. The monoisotopic (exact) mass is 279 g/mol. The quantitative estimate of drug-likeness (QED) is 0.937. The highest BCUT2D eigenvalue weighted by molar-refractivity contribution is 5.19. The van der Waals surface area contributed by atoms with E-state index in [1.165, 1.54) is 6.07 Å². The number of halogens is 2. The first-order valence-electron chi connectivity index (χ1n) is 6.49. The molecule has 1 aromatic carbocycles. The van der Waals surface area contributed by atoms with Crippen LogP contribution in [0.25, 0.3) is 0 Å². The average Bonchev–Trinajstić information content (AvgIpc) is 2.98. The van der Waals surface area contributed by atoms with Crippen molar-refractivity contribution in [2.45, 2.75) is 12.6 Å². The van der Waals surface area contributed by atoms with Crippen molar-refractivity contribution in [2.24, 2.45) is 0 Å². The summed E-state index contributed by atoms with van der Waals surface area (Å²) in [7, 11) is 0. The van der Waals surface area contributed by atoms with Crippen molar-refractivity contribution < 1.29 is 13.5 Å². The van der Waals surface area contributed by atoms with Gasteiger partial charge in [0.15, 0.2) is 11.6 Å². The predicted molar refractivity (Wildman–Crippen MR) is 68.9 cm³/mol. The molecule has 1 fully saturated rings. The van der Waals surface area contributed by atoms with Crippen LogP contribution in [0.5, 0.6) is 0 Å². The minimum absolute atomic E-state index is 0.0195. The minimum Gasteiger partial charge on any atom is -0.378 e. The topological polar surface area (TPSA) is 41.1 Å². The standard InChI is InChI=1S/C14H15F2N3O/c15-11-3-1-2-10(14(11)16)8-19-6-7-20-9-13(19)12-4-5-17-18-12/h1-5,13H,6-9H2,(H,17,18). The van der Waals surface area contributed by atoms with E-state index in [2.05, 4.69) is 15.1 Å². The summed E-state index contributed by atoms with van der Waals surface area (Å²) in [6.07, 6.45) is 1.67. The molecule has 2 aromatic rings. The molecule has 1 aliphatic rings. The molecule has 4 nitrogen and oxygen atoms in total. The zero-order chi connectivity index (χ0) is 13.9. The third-order valence-corrected chi connectivity index (χ3v) is 3.53. The molecule has 1 saturated heterocycles. The molecule has 6 heteroatoms. The van der Waals surface area contributed by atoms with Crippen molar-refractivity contribution in [3.05, 3.63) is 53.4 Å². The Kier molecular flexibility index (Phi) is 3.75. The van der Waals surface area contributed by atoms with Gasteiger partial charge in [-0.2, -0.15) is 5.10 Å². The molecule has 0 saturated carbocycles. The number of hydrogen-bond donors (Lipinski definition) is 1. The Balaban J connectivity index is 1.82. The van der Waals surface area contributed by atoms with Crippen molar-refractivity contribution in [3.63, 3.8) is 0 Å². The molecule has 1 aromatic heterocycles. The second kappa shape index (κ2) is 5.68. The summed E-state index contributed by atoms with van der Waals surface area (Å²) in [5, 5.41) is 6.84. The highest BCUT2D eigenvalue weighted by atomic mass is 19.2. The molecule has 106 valence electrons. The number of benzene rings is 1. The lowest BCUT2D eigenvalue weighted by molar-refractivity contribution is -0.0147. The minimum atomic E-state index is -0.811. The Hall–Kier alpha value is -1.79. The van der Waals surface area contributed by atoms with Gasteiger partial charge in [-0.15, -0.1) is 0 Å². The number of aromatic amines is 1. The van der Waals surface area contributed by atoms with Crippen LogP contribution in [0.15, 0.2) is 30.5 Å². The number of H-pyrrole nitrogens is 1. The number of ether oxygens (including phenoxy) is 1.